The number of halogens is 3. The Kier molecular flexibility index (Phi) is 5.08. The van der Waals surface area contributed by atoms with Gasteiger partial charge < -0.3 is 15.5 Å². The van der Waals surface area contributed by atoms with Gasteiger partial charge in [-0.25, -0.2) is 4.98 Å². The summed E-state index contributed by atoms with van der Waals surface area (Å²) in [4.78, 5) is 29.7. The number of nitro groups is 1. The van der Waals surface area contributed by atoms with E-state index in [4.69, 9.17) is 5.73 Å². The predicted octanol–water partition coefficient (Wildman–Crippen LogP) is 2.43. The maximum atomic E-state index is 12.9. The summed E-state index contributed by atoms with van der Waals surface area (Å²) < 4.78 is 38.6. The Morgan fingerprint density at radius 3 is 2.36 bits per heavy atom. The largest absolute Gasteiger partial charge is 0.416 e. The van der Waals surface area contributed by atoms with Crippen LogP contribution >= 0.6 is 0 Å². The lowest BCUT2D eigenvalue weighted by Gasteiger charge is -2.37. The van der Waals surface area contributed by atoms with Crippen molar-refractivity contribution in [2.24, 2.45) is 5.73 Å². The van der Waals surface area contributed by atoms with Crippen molar-refractivity contribution < 1.29 is 22.9 Å². The molecule has 0 radical (unpaired) electrons. The smallest absolute Gasteiger partial charge is 0.365 e. The molecular weight excluding hydrogens is 379 g/mol. The van der Waals surface area contributed by atoms with Gasteiger partial charge in [0.15, 0.2) is 0 Å². The van der Waals surface area contributed by atoms with Crippen molar-refractivity contribution in [2.75, 3.05) is 36.0 Å². The Hall–Kier alpha value is -3.37. The van der Waals surface area contributed by atoms with Gasteiger partial charge in [0.25, 0.3) is 11.6 Å². The fourth-order valence-corrected chi connectivity index (χ4v) is 3.11. The lowest BCUT2D eigenvalue weighted by atomic mass is 10.1. The lowest BCUT2D eigenvalue weighted by molar-refractivity contribution is -0.384. The third kappa shape index (κ3) is 3.82. The number of piperazine rings is 1. The number of carbonyl (C=O) groups is 1. The molecular formula is C17H16F3N5O3. The summed E-state index contributed by atoms with van der Waals surface area (Å²) in [5, 5.41) is 11.3. The number of nitrogens with zero attached hydrogens (tertiary/aromatic N) is 4. The molecule has 1 aromatic heterocycles. The average molecular weight is 395 g/mol. The number of nitrogens with two attached hydrogens (primary N) is 1. The van der Waals surface area contributed by atoms with E-state index in [-0.39, 0.29) is 11.3 Å². The summed E-state index contributed by atoms with van der Waals surface area (Å²) in [6.07, 6.45) is -3.14. The summed E-state index contributed by atoms with van der Waals surface area (Å²) in [6.45, 7) is 1.35. The fourth-order valence-electron chi connectivity index (χ4n) is 3.11. The van der Waals surface area contributed by atoms with E-state index in [1.165, 1.54) is 6.20 Å². The van der Waals surface area contributed by atoms with Crippen LogP contribution in [0.5, 0.6) is 0 Å². The highest BCUT2D eigenvalue weighted by atomic mass is 19.4. The van der Waals surface area contributed by atoms with Gasteiger partial charge in [-0.15, -0.1) is 0 Å². The SMILES string of the molecule is NC(=O)c1cccnc1N1CCN(c2ccc(C(F)(F)F)cc2[N+](=O)[O-])CC1. The Labute approximate surface area is 157 Å². The van der Waals surface area contributed by atoms with Crippen LogP contribution in [0.25, 0.3) is 0 Å². The van der Waals surface area contributed by atoms with Crippen LogP contribution in [0, 0.1) is 10.1 Å². The van der Waals surface area contributed by atoms with Crippen molar-refractivity contribution >= 4 is 23.1 Å². The molecule has 28 heavy (non-hydrogen) atoms. The number of pyridine rings is 1. The molecule has 1 aliphatic heterocycles. The van der Waals surface area contributed by atoms with Crippen LogP contribution < -0.4 is 15.5 Å². The number of carbonyl (C=O) groups excluding carboxylic acids is 1. The number of hydrogen-bond acceptors (Lipinski definition) is 6. The summed E-state index contributed by atoms with van der Waals surface area (Å²) in [7, 11) is 0. The van der Waals surface area contributed by atoms with Gasteiger partial charge >= 0.3 is 6.18 Å². The second kappa shape index (κ2) is 7.33. The number of amides is 1. The van der Waals surface area contributed by atoms with Crippen molar-refractivity contribution in [3.05, 3.63) is 57.8 Å². The van der Waals surface area contributed by atoms with Crippen molar-refractivity contribution in [3.8, 4) is 0 Å². The van der Waals surface area contributed by atoms with Crippen molar-refractivity contribution in [3.63, 3.8) is 0 Å². The molecule has 8 nitrogen and oxygen atoms in total. The van der Waals surface area contributed by atoms with Crippen LogP contribution in [0.1, 0.15) is 15.9 Å². The molecule has 11 heteroatoms. The molecule has 0 atom stereocenters. The van der Waals surface area contributed by atoms with Gasteiger partial charge in [0.2, 0.25) is 0 Å². The zero-order valence-corrected chi connectivity index (χ0v) is 14.5. The summed E-state index contributed by atoms with van der Waals surface area (Å²) >= 11 is 0. The quantitative estimate of drug-likeness (QED) is 0.630. The average Bonchev–Trinajstić information content (AvgIpc) is 2.67. The molecule has 0 spiro atoms. The van der Waals surface area contributed by atoms with Crippen molar-refractivity contribution in [1.29, 1.82) is 0 Å². The number of aromatic nitrogens is 1. The minimum absolute atomic E-state index is 0.119. The minimum atomic E-state index is -4.66. The molecule has 0 bridgehead atoms. The molecule has 0 aliphatic carbocycles. The van der Waals surface area contributed by atoms with E-state index in [1.54, 1.807) is 17.0 Å². The first kappa shape index (κ1) is 19.4. The highest BCUT2D eigenvalue weighted by molar-refractivity contribution is 5.97. The van der Waals surface area contributed by atoms with Gasteiger partial charge in [-0.2, -0.15) is 13.2 Å². The number of rotatable bonds is 4. The van der Waals surface area contributed by atoms with Crippen molar-refractivity contribution in [1.82, 2.24) is 4.98 Å². The Morgan fingerprint density at radius 2 is 1.79 bits per heavy atom. The maximum absolute atomic E-state index is 12.9. The monoisotopic (exact) mass is 395 g/mol. The summed E-state index contributed by atoms with van der Waals surface area (Å²) in [6, 6.07) is 5.64. The number of nitro benzene ring substituents is 1. The highest BCUT2D eigenvalue weighted by Crippen LogP contribution is 2.37. The van der Waals surface area contributed by atoms with E-state index in [1.807, 2.05) is 4.90 Å². The van der Waals surface area contributed by atoms with Crippen LogP contribution in [0.2, 0.25) is 0 Å². The highest BCUT2D eigenvalue weighted by Gasteiger charge is 2.34. The number of primary amides is 1. The summed E-state index contributed by atoms with van der Waals surface area (Å²) in [5.74, 6) is -0.208. The van der Waals surface area contributed by atoms with Crippen LogP contribution in [-0.4, -0.2) is 42.0 Å². The minimum Gasteiger partial charge on any atom is -0.365 e. The van der Waals surface area contributed by atoms with Crippen LogP contribution in [-0.2, 0) is 6.18 Å². The van der Waals surface area contributed by atoms with E-state index in [2.05, 4.69) is 4.98 Å². The molecule has 2 heterocycles. The van der Waals surface area contributed by atoms with E-state index >= 15 is 0 Å². The molecule has 2 N–H and O–H groups in total. The molecule has 0 unspecified atom stereocenters. The van der Waals surface area contributed by atoms with Crippen LogP contribution in [0.4, 0.5) is 30.4 Å². The number of hydrogen-bond donors (Lipinski definition) is 1. The third-order valence-electron chi connectivity index (χ3n) is 4.47. The first-order chi connectivity index (χ1) is 13.2. The number of anilines is 2. The van der Waals surface area contributed by atoms with Gasteiger partial charge in [0.05, 0.1) is 16.1 Å². The Bertz CT molecular complexity index is 911. The van der Waals surface area contributed by atoms with E-state index in [0.29, 0.717) is 38.1 Å². The molecule has 1 saturated heterocycles. The van der Waals surface area contributed by atoms with Crippen molar-refractivity contribution in [2.45, 2.75) is 6.18 Å². The zero-order chi connectivity index (χ0) is 20.5. The molecule has 1 aromatic carbocycles. The molecule has 2 aromatic rings. The number of alkyl halides is 3. The summed E-state index contributed by atoms with van der Waals surface area (Å²) in [5.41, 5.74) is 4.07. The lowest BCUT2D eigenvalue weighted by Crippen LogP contribution is -2.47. The van der Waals surface area contributed by atoms with E-state index in [0.717, 1.165) is 12.1 Å². The fraction of sp³-hybridized carbons (Fsp3) is 0.294. The standard InChI is InChI=1S/C17H16F3N5O3/c18-17(19,20)11-3-4-13(14(10-11)25(27)28)23-6-8-24(9-7-23)16-12(15(21)26)2-1-5-22-16/h1-5,10H,6-9H2,(H2,21,26). The zero-order valence-electron chi connectivity index (χ0n) is 14.5. The normalized spacial score (nSPS) is 14.8. The molecule has 1 aliphatic rings. The Morgan fingerprint density at radius 1 is 1.14 bits per heavy atom. The maximum Gasteiger partial charge on any atom is 0.416 e. The third-order valence-corrected chi connectivity index (χ3v) is 4.47. The Balaban J connectivity index is 1.82. The second-order valence-corrected chi connectivity index (χ2v) is 6.17. The first-order valence-electron chi connectivity index (χ1n) is 8.29. The molecule has 1 amide bonds. The number of benzene rings is 1. The topological polar surface area (TPSA) is 106 Å². The van der Waals surface area contributed by atoms with E-state index < -0.39 is 28.3 Å². The van der Waals surface area contributed by atoms with E-state index in [9.17, 15) is 28.1 Å². The van der Waals surface area contributed by atoms with Crippen LogP contribution in [0.15, 0.2) is 36.5 Å². The van der Waals surface area contributed by atoms with Gasteiger partial charge in [0.1, 0.15) is 11.5 Å². The molecule has 3 rings (SSSR count). The van der Waals surface area contributed by atoms with Gasteiger partial charge in [-0.3, -0.25) is 14.9 Å². The van der Waals surface area contributed by atoms with Gasteiger partial charge in [-0.05, 0) is 24.3 Å². The molecule has 148 valence electrons. The molecule has 1 fully saturated rings. The molecule has 0 saturated carbocycles. The predicted molar refractivity (Wildman–Crippen MR) is 95.3 cm³/mol. The van der Waals surface area contributed by atoms with Gasteiger partial charge in [0, 0.05) is 38.4 Å². The van der Waals surface area contributed by atoms with Gasteiger partial charge in [-0.1, -0.05) is 0 Å². The van der Waals surface area contributed by atoms with Crippen LogP contribution in [0.3, 0.4) is 0 Å². The second-order valence-electron chi connectivity index (χ2n) is 6.17. The first-order valence-corrected chi connectivity index (χ1v) is 8.29.